The van der Waals surface area contributed by atoms with E-state index in [1.54, 1.807) is 25.3 Å². The second-order valence-corrected chi connectivity index (χ2v) is 8.35. The van der Waals surface area contributed by atoms with Crippen molar-refractivity contribution in [3.63, 3.8) is 0 Å². The number of hydrogen-bond donors (Lipinski definition) is 1. The summed E-state index contributed by atoms with van der Waals surface area (Å²) in [5.74, 6) is 1.40. The summed E-state index contributed by atoms with van der Waals surface area (Å²) >= 11 is 0. The molecule has 0 unspecified atom stereocenters. The Balaban J connectivity index is 1.60. The maximum absolute atomic E-state index is 13.5. The predicted molar refractivity (Wildman–Crippen MR) is 134 cm³/mol. The Morgan fingerprint density at radius 2 is 1.97 bits per heavy atom. The average molecular weight is 481 g/mol. The molecule has 1 aliphatic rings. The third-order valence-electron chi connectivity index (χ3n) is 5.92. The number of rotatable bonds is 10. The normalized spacial score (nSPS) is 14.1. The van der Waals surface area contributed by atoms with E-state index in [2.05, 4.69) is 10.2 Å². The molecule has 35 heavy (non-hydrogen) atoms. The summed E-state index contributed by atoms with van der Waals surface area (Å²) in [4.78, 5) is 33.1. The van der Waals surface area contributed by atoms with Crippen LogP contribution < -0.4 is 20.3 Å². The first-order valence-corrected chi connectivity index (χ1v) is 12.0. The summed E-state index contributed by atoms with van der Waals surface area (Å²) in [5.41, 5.74) is 0.939. The highest BCUT2D eigenvalue weighted by atomic mass is 16.5. The van der Waals surface area contributed by atoms with E-state index in [1.165, 1.54) is 4.57 Å². The minimum absolute atomic E-state index is 0.132. The third kappa shape index (κ3) is 6.17. The smallest absolute Gasteiger partial charge is 0.262 e. The van der Waals surface area contributed by atoms with Gasteiger partial charge in [-0.1, -0.05) is 12.1 Å². The molecule has 1 amide bonds. The van der Waals surface area contributed by atoms with E-state index < -0.39 is 0 Å². The van der Waals surface area contributed by atoms with Gasteiger partial charge in [-0.2, -0.15) is 0 Å². The molecule has 0 spiro atoms. The second kappa shape index (κ2) is 11.8. The van der Waals surface area contributed by atoms with Gasteiger partial charge in [-0.05, 0) is 43.7 Å². The fourth-order valence-electron chi connectivity index (χ4n) is 4.12. The Kier molecular flexibility index (Phi) is 8.33. The van der Waals surface area contributed by atoms with Crippen molar-refractivity contribution in [1.82, 2.24) is 19.8 Å². The molecule has 1 aromatic heterocycles. The van der Waals surface area contributed by atoms with E-state index in [0.29, 0.717) is 46.9 Å². The van der Waals surface area contributed by atoms with Gasteiger partial charge in [-0.3, -0.25) is 19.1 Å². The zero-order chi connectivity index (χ0) is 24.6. The third-order valence-corrected chi connectivity index (χ3v) is 5.92. The average Bonchev–Trinajstić information content (AvgIpc) is 2.89. The van der Waals surface area contributed by atoms with Gasteiger partial charge in [0.15, 0.2) is 0 Å². The molecular weight excluding hydrogens is 448 g/mol. The standard InChI is InChI=1S/C26H32N4O5/c1-3-27-24(31)18-30-25(19-6-4-7-20(16-19)33-2)28-23-9-8-21(17-22(23)26(30)32)35-13-5-10-29-11-14-34-15-12-29/h4,6-9,16-17H,3,5,10-15,18H2,1-2H3,(H,27,31). The lowest BCUT2D eigenvalue weighted by atomic mass is 10.1. The Hall–Kier alpha value is -3.43. The van der Waals surface area contributed by atoms with Crippen LogP contribution in [-0.2, 0) is 16.1 Å². The Morgan fingerprint density at radius 1 is 1.14 bits per heavy atom. The van der Waals surface area contributed by atoms with Crippen LogP contribution in [0.4, 0.5) is 0 Å². The van der Waals surface area contributed by atoms with Gasteiger partial charge >= 0.3 is 0 Å². The molecule has 1 fully saturated rings. The maximum Gasteiger partial charge on any atom is 0.262 e. The monoisotopic (exact) mass is 480 g/mol. The molecule has 0 atom stereocenters. The number of nitrogens with zero attached hydrogens (tertiary/aromatic N) is 3. The van der Waals surface area contributed by atoms with Gasteiger partial charge in [0.1, 0.15) is 23.9 Å². The van der Waals surface area contributed by atoms with E-state index in [1.807, 2.05) is 31.2 Å². The number of carbonyl (C=O) groups is 1. The predicted octanol–water partition coefficient (Wildman–Crippen LogP) is 2.31. The fraction of sp³-hybridized carbons (Fsp3) is 0.423. The number of fused-ring (bicyclic) bond motifs is 1. The minimum Gasteiger partial charge on any atom is -0.497 e. The van der Waals surface area contributed by atoms with Crippen molar-refractivity contribution in [3.05, 3.63) is 52.8 Å². The molecular formula is C26H32N4O5. The van der Waals surface area contributed by atoms with Crippen LogP contribution in [0, 0.1) is 0 Å². The quantitative estimate of drug-likeness (QED) is 0.445. The van der Waals surface area contributed by atoms with Crippen LogP contribution in [0.1, 0.15) is 13.3 Å². The Bertz CT molecular complexity index is 1220. The van der Waals surface area contributed by atoms with Crippen LogP contribution >= 0.6 is 0 Å². The summed E-state index contributed by atoms with van der Waals surface area (Å²) in [6.45, 7) is 7.12. The number of ether oxygens (including phenoxy) is 3. The molecule has 1 N–H and O–H groups in total. The van der Waals surface area contributed by atoms with Crippen molar-refractivity contribution in [2.45, 2.75) is 19.9 Å². The van der Waals surface area contributed by atoms with Gasteiger partial charge in [-0.25, -0.2) is 4.98 Å². The number of nitrogens with one attached hydrogen (secondary N) is 1. The Labute approximate surface area is 204 Å². The summed E-state index contributed by atoms with van der Waals surface area (Å²) in [6, 6.07) is 12.6. The van der Waals surface area contributed by atoms with Gasteiger partial charge in [0.25, 0.3) is 5.56 Å². The number of hydrogen-bond acceptors (Lipinski definition) is 7. The van der Waals surface area contributed by atoms with E-state index in [0.717, 1.165) is 39.3 Å². The highest BCUT2D eigenvalue weighted by molar-refractivity contribution is 5.83. The van der Waals surface area contributed by atoms with Gasteiger partial charge in [0.2, 0.25) is 5.91 Å². The van der Waals surface area contributed by atoms with Crippen molar-refractivity contribution in [1.29, 1.82) is 0 Å². The van der Waals surface area contributed by atoms with Crippen LogP contribution in [-0.4, -0.2) is 73.5 Å². The van der Waals surface area contributed by atoms with Crippen LogP contribution in [0.25, 0.3) is 22.3 Å². The summed E-state index contributed by atoms with van der Waals surface area (Å²) in [7, 11) is 1.58. The van der Waals surface area contributed by atoms with Crippen molar-refractivity contribution in [2.75, 3.05) is 53.1 Å². The SMILES string of the molecule is CCNC(=O)Cn1c(-c2cccc(OC)c2)nc2ccc(OCCCN3CCOCC3)cc2c1=O. The van der Waals surface area contributed by atoms with E-state index in [4.69, 9.17) is 19.2 Å². The number of morpholine rings is 1. The van der Waals surface area contributed by atoms with Gasteiger partial charge < -0.3 is 19.5 Å². The molecule has 2 aromatic carbocycles. The first-order chi connectivity index (χ1) is 17.1. The lowest BCUT2D eigenvalue weighted by molar-refractivity contribution is -0.121. The molecule has 0 radical (unpaired) electrons. The molecule has 9 nitrogen and oxygen atoms in total. The van der Waals surface area contributed by atoms with Gasteiger partial charge in [0, 0.05) is 31.7 Å². The minimum atomic E-state index is -0.294. The van der Waals surface area contributed by atoms with Crippen LogP contribution in [0.15, 0.2) is 47.3 Å². The van der Waals surface area contributed by atoms with Crippen molar-refractivity contribution >= 4 is 16.8 Å². The molecule has 3 aromatic rings. The molecule has 0 saturated carbocycles. The lowest BCUT2D eigenvalue weighted by Gasteiger charge is -2.26. The molecule has 0 bridgehead atoms. The summed E-state index contributed by atoms with van der Waals surface area (Å²) < 4.78 is 18.1. The Morgan fingerprint density at radius 3 is 2.74 bits per heavy atom. The molecule has 186 valence electrons. The maximum atomic E-state index is 13.5. The van der Waals surface area contributed by atoms with E-state index in [9.17, 15) is 9.59 Å². The zero-order valence-corrected chi connectivity index (χ0v) is 20.3. The number of benzene rings is 2. The topological polar surface area (TPSA) is 94.9 Å². The summed E-state index contributed by atoms with van der Waals surface area (Å²) in [5, 5.41) is 3.16. The van der Waals surface area contributed by atoms with Gasteiger partial charge in [0.05, 0.1) is 37.8 Å². The van der Waals surface area contributed by atoms with Crippen LogP contribution in [0.2, 0.25) is 0 Å². The zero-order valence-electron chi connectivity index (χ0n) is 20.3. The summed E-state index contributed by atoms with van der Waals surface area (Å²) in [6.07, 6.45) is 0.881. The number of likely N-dealkylation sites (N-methyl/N-ethyl adjacent to an activating group) is 1. The molecule has 9 heteroatoms. The first-order valence-electron chi connectivity index (χ1n) is 12.0. The van der Waals surface area contributed by atoms with Crippen LogP contribution in [0.3, 0.4) is 0 Å². The number of carbonyl (C=O) groups excluding carboxylic acids is 1. The largest absolute Gasteiger partial charge is 0.497 e. The fourth-order valence-corrected chi connectivity index (χ4v) is 4.12. The van der Waals surface area contributed by atoms with Crippen molar-refractivity contribution in [2.24, 2.45) is 0 Å². The molecule has 4 rings (SSSR count). The number of aromatic nitrogens is 2. The van der Waals surface area contributed by atoms with Gasteiger partial charge in [-0.15, -0.1) is 0 Å². The molecule has 1 saturated heterocycles. The van der Waals surface area contributed by atoms with Crippen molar-refractivity contribution in [3.8, 4) is 22.9 Å². The molecule has 1 aliphatic heterocycles. The van der Waals surface area contributed by atoms with Crippen LogP contribution in [0.5, 0.6) is 11.5 Å². The number of amides is 1. The van der Waals surface area contributed by atoms with E-state index >= 15 is 0 Å². The highest BCUT2D eigenvalue weighted by Gasteiger charge is 2.17. The van der Waals surface area contributed by atoms with E-state index in [-0.39, 0.29) is 18.0 Å². The second-order valence-electron chi connectivity index (χ2n) is 8.35. The highest BCUT2D eigenvalue weighted by Crippen LogP contribution is 2.25. The van der Waals surface area contributed by atoms with Crippen molar-refractivity contribution < 1.29 is 19.0 Å². The lowest BCUT2D eigenvalue weighted by Crippen LogP contribution is -2.37. The number of methoxy groups -OCH3 is 1. The molecule has 2 heterocycles. The molecule has 0 aliphatic carbocycles. The first kappa shape index (κ1) is 24.7.